The number of rotatable bonds is 0. The standard InChI is InChI=1S/C5H5AsS/c1-4-2-3-7-5(4)6/h2-3H,1H3. The van der Waals surface area contributed by atoms with Crippen molar-refractivity contribution in [1.82, 2.24) is 0 Å². The summed E-state index contributed by atoms with van der Waals surface area (Å²) in [5.74, 6) is 0. The zero-order chi connectivity index (χ0) is 5.28. The molecule has 0 nitrogen and oxygen atoms in total. The minimum atomic E-state index is 1.37. The predicted octanol–water partition coefficient (Wildman–Crippen LogP) is 0.850. The normalized spacial score (nSPS) is 9.43. The molecule has 36 valence electrons. The molecule has 0 saturated heterocycles. The van der Waals surface area contributed by atoms with Crippen molar-refractivity contribution in [3.8, 4) is 0 Å². The number of hydrogen-bond acceptors (Lipinski definition) is 1. The molecule has 7 heavy (non-hydrogen) atoms. The molecule has 2 radical (unpaired) electrons. The van der Waals surface area contributed by atoms with Crippen molar-refractivity contribution in [3.63, 3.8) is 0 Å². The third-order valence-corrected chi connectivity index (χ3v) is 3.06. The van der Waals surface area contributed by atoms with E-state index in [1.165, 1.54) is 9.23 Å². The van der Waals surface area contributed by atoms with Gasteiger partial charge < -0.3 is 0 Å². The van der Waals surface area contributed by atoms with Crippen LogP contribution in [0.1, 0.15) is 5.56 Å². The molecule has 0 spiro atoms. The maximum atomic E-state index is 2.55. The molecular weight excluding hydrogens is 167 g/mol. The quantitative estimate of drug-likeness (QED) is 0.509. The molecule has 0 aliphatic heterocycles. The van der Waals surface area contributed by atoms with E-state index in [-0.39, 0.29) is 0 Å². The van der Waals surface area contributed by atoms with Gasteiger partial charge in [-0.25, -0.2) is 0 Å². The van der Waals surface area contributed by atoms with Crippen molar-refractivity contribution in [3.05, 3.63) is 17.0 Å². The third kappa shape index (κ3) is 1.08. The zero-order valence-electron chi connectivity index (χ0n) is 4.01. The molecule has 0 unspecified atom stereocenters. The van der Waals surface area contributed by atoms with Crippen molar-refractivity contribution in [1.29, 1.82) is 0 Å². The Morgan fingerprint density at radius 2 is 2.43 bits per heavy atom. The molecule has 1 heterocycles. The van der Waals surface area contributed by atoms with Crippen LogP contribution in [0.25, 0.3) is 0 Å². The summed E-state index contributed by atoms with van der Waals surface area (Å²) in [5.41, 5.74) is 1.38. The molecule has 0 aliphatic rings. The Hall–Kier alpha value is 0.258. The molecule has 1 aromatic rings. The Bertz CT molecular complexity index is 140. The van der Waals surface area contributed by atoms with Gasteiger partial charge in [0.05, 0.1) is 0 Å². The fourth-order valence-corrected chi connectivity index (χ4v) is 1.56. The van der Waals surface area contributed by atoms with Crippen molar-refractivity contribution < 1.29 is 0 Å². The SMILES string of the molecule is Cc1ccsc1[As]. The van der Waals surface area contributed by atoms with Crippen LogP contribution in [0.4, 0.5) is 0 Å². The van der Waals surface area contributed by atoms with E-state index in [0.717, 1.165) is 0 Å². The van der Waals surface area contributed by atoms with Gasteiger partial charge in [-0.2, -0.15) is 0 Å². The van der Waals surface area contributed by atoms with E-state index in [0.29, 0.717) is 0 Å². The maximum absolute atomic E-state index is 2.55. The third-order valence-electron chi connectivity index (χ3n) is 0.835. The Morgan fingerprint density at radius 1 is 1.71 bits per heavy atom. The van der Waals surface area contributed by atoms with Crippen LogP contribution in [-0.2, 0) is 0 Å². The summed E-state index contributed by atoms with van der Waals surface area (Å²) < 4.78 is 1.37. The second-order valence-electron chi connectivity index (χ2n) is 1.41. The van der Waals surface area contributed by atoms with Gasteiger partial charge in [-0.15, -0.1) is 0 Å². The van der Waals surface area contributed by atoms with Crippen LogP contribution < -0.4 is 3.66 Å². The number of thiophene rings is 1. The summed E-state index contributed by atoms with van der Waals surface area (Å²) in [4.78, 5) is 0. The molecule has 0 aromatic carbocycles. The van der Waals surface area contributed by atoms with Gasteiger partial charge in [-0.1, -0.05) is 0 Å². The van der Waals surface area contributed by atoms with Crippen LogP contribution in [0.2, 0.25) is 0 Å². The van der Waals surface area contributed by atoms with Crippen molar-refractivity contribution in [2.75, 3.05) is 0 Å². The van der Waals surface area contributed by atoms with E-state index in [2.05, 4.69) is 35.2 Å². The second kappa shape index (κ2) is 2.02. The van der Waals surface area contributed by atoms with Crippen LogP contribution in [0.5, 0.6) is 0 Å². The van der Waals surface area contributed by atoms with E-state index < -0.39 is 0 Å². The van der Waals surface area contributed by atoms with E-state index in [9.17, 15) is 0 Å². The first-order valence-electron chi connectivity index (χ1n) is 2.04. The first-order chi connectivity index (χ1) is 3.30. The molecular formula is C5H5AsS. The Labute approximate surface area is 56.1 Å². The summed E-state index contributed by atoms with van der Waals surface area (Å²) in [6.45, 7) is 2.12. The summed E-state index contributed by atoms with van der Waals surface area (Å²) in [6.07, 6.45) is 0. The summed E-state index contributed by atoms with van der Waals surface area (Å²) in [7, 11) is 0. The monoisotopic (exact) mass is 172 g/mol. The zero-order valence-corrected chi connectivity index (χ0v) is 6.70. The van der Waals surface area contributed by atoms with Crippen LogP contribution >= 0.6 is 11.3 Å². The van der Waals surface area contributed by atoms with Crippen LogP contribution in [-0.4, -0.2) is 16.9 Å². The molecule has 0 aliphatic carbocycles. The van der Waals surface area contributed by atoms with Gasteiger partial charge in [0.1, 0.15) is 0 Å². The molecule has 1 rings (SSSR count). The fraction of sp³-hybridized carbons (Fsp3) is 0.200. The Balaban J connectivity index is 3.12. The molecule has 0 atom stereocenters. The van der Waals surface area contributed by atoms with E-state index in [1.807, 2.05) is 0 Å². The summed E-state index contributed by atoms with van der Waals surface area (Å²) >= 11 is 4.33. The first kappa shape index (κ1) is 5.40. The molecule has 1 aromatic heterocycles. The van der Waals surface area contributed by atoms with E-state index in [1.54, 1.807) is 11.3 Å². The topological polar surface area (TPSA) is 0 Å². The van der Waals surface area contributed by atoms with Gasteiger partial charge in [0, 0.05) is 0 Å². The van der Waals surface area contributed by atoms with Crippen molar-refractivity contribution in [2.24, 2.45) is 0 Å². The van der Waals surface area contributed by atoms with Crippen molar-refractivity contribution >= 4 is 31.9 Å². The van der Waals surface area contributed by atoms with Gasteiger partial charge in [0.2, 0.25) is 0 Å². The summed E-state index contributed by atoms with van der Waals surface area (Å²) in [6, 6.07) is 2.12. The van der Waals surface area contributed by atoms with E-state index >= 15 is 0 Å². The molecule has 0 bridgehead atoms. The van der Waals surface area contributed by atoms with E-state index in [4.69, 9.17) is 0 Å². The van der Waals surface area contributed by atoms with Crippen LogP contribution in [0.15, 0.2) is 11.4 Å². The predicted molar refractivity (Wildman–Crippen MR) is 34.4 cm³/mol. The first-order valence-corrected chi connectivity index (χ1v) is 3.85. The fourth-order valence-electron chi connectivity index (χ4n) is 0.365. The van der Waals surface area contributed by atoms with Gasteiger partial charge in [0.25, 0.3) is 0 Å². The van der Waals surface area contributed by atoms with Crippen LogP contribution in [0.3, 0.4) is 0 Å². The van der Waals surface area contributed by atoms with Gasteiger partial charge in [-0.3, -0.25) is 0 Å². The molecule has 0 saturated carbocycles. The molecule has 0 fully saturated rings. The van der Waals surface area contributed by atoms with Gasteiger partial charge >= 0.3 is 55.8 Å². The molecule has 0 amide bonds. The average molecular weight is 172 g/mol. The number of hydrogen-bond donors (Lipinski definition) is 0. The summed E-state index contributed by atoms with van der Waals surface area (Å²) in [5, 5.41) is 2.10. The second-order valence-corrected chi connectivity index (χ2v) is 3.92. The molecule has 0 N–H and O–H groups in total. The van der Waals surface area contributed by atoms with Crippen molar-refractivity contribution in [2.45, 2.75) is 6.92 Å². The molecule has 2 heteroatoms. The van der Waals surface area contributed by atoms with Gasteiger partial charge in [-0.05, 0) is 0 Å². The van der Waals surface area contributed by atoms with Gasteiger partial charge in [0.15, 0.2) is 0 Å². The average Bonchev–Trinajstić information content (AvgIpc) is 1.91. The Morgan fingerprint density at radius 3 is 2.57 bits per heavy atom. The van der Waals surface area contributed by atoms with Crippen LogP contribution in [0, 0.1) is 6.92 Å². The minimum absolute atomic E-state index is 1.37. The number of aryl methyl sites for hydroxylation is 1. The Kier molecular flexibility index (Phi) is 1.56.